The highest BCUT2D eigenvalue weighted by atomic mass is 16.5. The van der Waals surface area contributed by atoms with Gasteiger partial charge < -0.3 is 14.8 Å². The average molecular weight is 338 g/mol. The number of nitriles is 1. The third-order valence-corrected chi connectivity index (χ3v) is 3.49. The number of nitrogens with zero attached hydrogens (tertiary/aromatic N) is 1. The lowest BCUT2D eigenvalue weighted by Crippen LogP contribution is -2.18. The van der Waals surface area contributed by atoms with Gasteiger partial charge in [0, 0.05) is 13.5 Å². The van der Waals surface area contributed by atoms with Crippen molar-refractivity contribution < 1.29 is 19.1 Å². The van der Waals surface area contributed by atoms with Crippen LogP contribution in [0.2, 0.25) is 0 Å². The largest absolute Gasteiger partial charge is 0.495 e. The Kier molecular flexibility index (Phi) is 6.13. The Labute approximate surface area is 146 Å². The summed E-state index contributed by atoms with van der Waals surface area (Å²) in [6, 6.07) is 13.9. The van der Waals surface area contributed by atoms with Crippen molar-refractivity contribution in [1.29, 1.82) is 5.26 Å². The summed E-state index contributed by atoms with van der Waals surface area (Å²) >= 11 is 0. The van der Waals surface area contributed by atoms with Crippen LogP contribution in [-0.4, -0.2) is 19.0 Å². The van der Waals surface area contributed by atoms with Crippen molar-refractivity contribution in [3.8, 4) is 11.8 Å². The first-order chi connectivity index (χ1) is 12.0. The molecule has 0 fully saturated rings. The molecule has 0 aliphatic heterocycles. The number of hydrogen-bond donors (Lipinski definition) is 1. The minimum atomic E-state index is -0.458. The minimum Gasteiger partial charge on any atom is -0.495 e. The van der Waals surface area contributed by atoms with Gasteiger partial charge in [-0.3, -0.25) is 4.79 Å². The number of nitrogens with one attached hydrogen (secondary N) is 1. The Morgan fingerprint density at radius 3 is 2.40 bits per heavy atom. The van der Waals surface area contributed by atoms with E-state index in [1.165, 1.54) is 14.0 Å². The smallest absolute Gasteiger partial charge is 0.338 e. The second-order valence-electron chi connectivity index (χ2n) is 5.33. The molecule has 0 aliphatic rings. The highest BCUT2D eigenvalue weighted by Crippen LogP contribution is 2.19. The number of methoxy groups -OCH3 is 1. The van der Waals surface area contributed by atoms with Gasteiger partial charge in [0.1, 0.15) is 18.4 Å². The number of hydrogen-bond acceptors (Lipinski definition) is 5. The van der Waals surface area contributed by atoms with Gasteiger partial charge in [-0.1, -0.05) is 18.2 Å². The van der Waals surface area contributed by atoms with Crippen molar-refractivity contribution in [2.24, 2.45) is 0 Å². The Bertz CT molecular complexity index is 807. The van der Waals surface area contributed by atoms with Crippen LogP contribution >= 0.6 is 0 Å². The average Bonchev–Trinajstić information content (AvgIpc) is 2.64. The Hall–Kier alpha value is -3.33. The predicted molar refractivity (Wildman–Crippen MR) is 90.8 cm³/mol. The van der Waals surface area contributed by atoms with Crippen LogP contribution in [0.4, 0.5) is 0 Å². The fourth-order valence-electron chi connectivity index (χ4n) is 2.15. The van der Waals surface area contributed by atoms with E-state index in [0.717, 1.165) is 5.56 Å². The van der Waals surface area contributed by atoms with Crippen LogP contribution in [0.25, 0.3) is 0 Å². The summed E-state index contributed by atoms with van der Waals surface area (Å²) in [4.78, 5) is 23.0. The molecule has 0 saturated heterocycles. The first-order valence-electron chi connectivity index (χ1n) is 7.61. The van der Waals surface area contributed by atoms with Crippen molar-refractivity contribution >= 4 is 11.9 Å². The summed E-state index contributed by atoms with van der Waals surface area (Å²) in [5.74, 6) is -0.0903. The van der Waals surface area contributed by atoms with E-state index in [1.54, 1.807) is 42.5 Å². The lowest BCUT2D eigenvalue weighted by atomic mass is 10.1. The zero-order valence-corrected chi connectivity index (χ0v) is 14.0. The second-order valence-corrected chi connectivity index (χ2v) is 5.33. The van der Waals surface area contributed by atoms with Gasteiger partial charge in [-0.05, 0) is 35.4 Å². The van der Waals surface area contributed by atoms with Gasteiger partial charge in [0.2, 0.25) is 5.91 Å². The number of esters is 1. The van der Waals surface area contributed by atoms with Crippen LogP contribution in [0, 0.1) is 11.3 Å². The number of carbonyl (C=O) groups excluding carboxylic acids is 2. The lowest BCUT2D eigenvalue weighted by molar-refractivity contribution is -0.119. The summed E-state index contributed by atoms with van der Waals surface area (Å²) in [6.07, 6.45) is 0. The van der Waals surface area contributed by atoms with E-state index in [2.05, 4.69) is 5.32 Å². The maximum absolute atomic E-state index is 12.1. The summed E-state index contributed by atoms with van der Waals surface area (Å²) < 4.78 is 10.3. The number of carbonyl (C=O) groups is 2. The molecule has 128 valence electrons. The van der Waals surface area contributed by atoms with Crippen LogP contribution in [0.1, 0.15) is 34.0 Å². The van der Waals surface area contributed by atoms with Gasteiger partial charge in [-0.15, -0.1) is 0 Å². The van der Waals surface area contributed by atoms with Gasteiger partial charge in [0.15, 0.2) is 0 Å². The molecule has 0 aromatic heterocycles. The van der Waals surface area contributed by atoms with Gasteiger partial charge in [0.25, 0.3) is 0 Å². The number of ether oxygens (including phenoxy) is 2. The molecule has 2 aromatic carbocycles. The standard InChI is InChI=1S/C19H18N2O4/c1-13(22)21-11-14-3-6-16(7-4-14)19(23)25-12-15-5-8-18(24-2)17(9-15)10-20/h3-9H,11-12H2,1-2H3,(H,21,22). The molecule has 0 radical (unpaired) electrons. The summed E-state index contributed by atoms with van der Waals surface area (Å²) in [5, 5.41) is 11.8. The quantitative estimate of drug-likeness (QED) is 0.818. The van der Waals surface area contributed by atoms with E-state index in [4.69, 9.17) is 14.7 Å². The molecule has 1 N–H and O–H groups in total. The van der Waals surface area contributed by atoms with Gasteiger partial charge in [0.05, 0.1) is 18.2 Å². The number of benzene rings is 2. The molecule has 1 amide bonds. The Morgan fingerprint density at radius 2 is 1.80 bits per heavy atom. The molecule has 6 heteroatoms. The summed E-state index contributed by atoms with van der Waals surface area (Å²) in [6.45, 7) is 1.92. The van der Waals surface area contributed by atoms with Crippen LogP contribution in [-0.2, 0) is 22.7 Å². The predicted octanol–water partition coefficient (Wildman–Crippen LogP) is 2.56. The van der Waals surface area contributed by atoms with Gasteiger partial charge >= 0.3 is 5.97 Å². The molecule has 6 nitrogen and oxygen atoms in total. The number of amides is 1. The van der Waals surface area contributed by atoms with Crippen LogP contribution in [0.15, 0.2) is 42.5 Å². The minimum absolute atomic E-state index is 0.0607. The molecule has 0 spiro atoms. The third kappa shape index (κ3) is 5.08. The topological polar surface area (TPSA) is 88.4 Å². The van der Waals surface area contributed by atoms with Crippen LogP contribution < -0.4 is 10.1 Å². The monoisotopic (exact) mass is 338 g/mol. The highest BCUT2D eigenvalue weighted by molar-refractivity contribution is 5.89. The van der Waals surface area contributed by atoms with E-state index in [-0.39, 0.29) is 12.5 Å². The van der Waals surface area contributed by atoms with Crippen molar-refractivity contribution in [1.82, 2.24) is 5.32 Å². The van der Waals surface area contributed by atoms with Crippen LogP contribution in [0.5, 0.6) is 5.75 Å². The van der Waals surface area contributed by atoms with E-state index < -0.39 is 5.97 Å². The molecule has 0 heterocycles. The maximum atomic E-state index is 12.1. The van der Waals surface area contributed by atoms with Crippen molar-refractivity contribution in [2.75, 3.05) is 7.11 Å². The maximum Gasteiger partial charge on any atom is 0.338 e. The second kappa shape index (κ2) is 8.50. The molecule has 0 saturated carbocycles. The lowest BCUT2D eigenvalue weighted by Gasteiger charge is -2.08. The van der Waals surface area contributed by atoms with Crippen molar-refractivity contribution in [2.45, 2.75) is 20.1 Å². The SMILES string of the molecule is COc1ccc(COC(=O)c2ccc(CNC(C)=O)cc2)cc1C#N. The van der Waals surface area contributed by atoms with Crippen LogP contribution in [0.3, 0.4) is 0 Å². The molecule has 0 aliphatic carbocycles. The molecule has 2 aromatic rings. The Morgan fingerprint density at radius 1 is 1.12 bits per heavy atom. The Balaban J connectivity index is 1.96. The van der Waals surface area contributed by atoms with Gasteiger partial charge in [-0.25, -0.2) is 4.79 Å². The van der Waals surface area contributed by atoms with Crippen molar-refractivity contribution in [3.63, 3.8) is 0 Å². The zero-order chi connectivity index (χ0) is 18.2. The molecular weight excluding hydrogens is 320 g/mol. The fraction of sp³-hybridized carbons (Fsp3) is 0.211. The van der Waals surface area contributed by atoms with Crippen molar-refractivity contribution in [3.05, 3.63) is 64.7 Å². The van der Waals surface area contributed by atoms with E-state index in [0.29, 0.717) is 29.0 Å². The highest BCUT2D eigenvalue weighted by Gasteiger charge is 2.09. The van der Waals surface area contributed by atoms with E-state index >= 15 is 0 Å². The third-order valence-electron chi connectivity index (χ3n) is 3.49. The molecular formula is C19H18N2O4. The number of rotatable bonds is 6. The molecule has 2 rings (SSSR count). The summed E-state index contributed by atoms with van der Waals surface area (Å²) in [7, 11) is 1.49. The zero-order valence-electron chi connectivity index (χ0n) is 14.0. The molecule has 0 atom stereocenters. The van der Waals surface area contributed by atoms with E-state index in [9.17, 15) is 9.59 Å². The fourth-order valence-corrected chi connectivity index (χ4v) is 2.15. The molecule has 0 unspecified atom stereocenters. The summed E-state index contributed by atoms with van der Waals surface area (Å²) in [5.41, 5.74) is 2.40. The first-order valence-corrected chi connectivity index (χ1v) is 7.61. The molecule has 0 bridgehead atoms. The molecule has 25 heavy (non-hydrogen) atoms. The van der Waals surface area contributed by atoms with E-state index in [1.807, 2.05) is 6.07 Å². The normalized spacial score (nSPS) is 9.80. The first kappa shape index (κ1) is 18.0. The van der Waals surface area contributed by atoms with Gasteiger partial charge in [-0.2, -0.15) is 5.26 Å².